The first-order valence-electron chi connectivity index (χ1n) is 6.81. The lowest BCUT2D eigenvalue weighted by Crippen LogP contribution is -2.39. The molecule has 4 heteroatoms. The monoisotopic (exact) mass is 278 g/mol. The van der Waals surface area contributed by atoms with Gasteiger partial charge >= 0.3 is 0 Å². The number of fused-ring (bicyclic) bond motifs is 1. The van der Waals surface area contributed by atoms with Crippen LogP contribution in [0.25, 0.3) is 6.08 Å². The fourth-order valence-electron chi connectivity index (χ4n) is 2.85. The predicted octanol–water partition coefficient (Wildman–Crippen LogP) is 2.54. The summed E-state index contributed by atoms with van der Waals surface area (Å²) in [7, 11) is 0. The van der Waals surface area contributed by atoms with Gasteiger partial charge in [0, 0.05) is 30.1 Å². The van der Waals surface area contributed by atoms with Gasteiger partial charge in [-0.05, 0) is 43.8 Å². The second kappa shape index (κ2) is 5.16. The van der Waals surface area contributed by atoms with Gasteiger partial charge in [0.05, 0.1) is 0 Å². The lowest BCUT2D eigenvalue weighted by atomic mass is 9.97. The van der Waals surface area contributed by atoms with Crippen LogP contribution in [-0.4, -0.2) is 36.7 Å². The number of rotatable bonds is 3. The maximum absolute atomic E-state index is 6.23. The Bertz CT molecular complexity index is 503. The second-order valence-electron chi connectivity index (χ2n) is 5.35. The Kier molecular flexibility index (Phi) is 3.52. The summed E-state index contributed by atoms with van der Waals surface area (Å²) in [5, 5.41) is 0.749. The van der Waals surface area contributed by atoms with Gasteiger partial charge < -0.3 is 10.5 Å². The quantitative estimate of drug-likeness (QED) is 0.923. The molecular weight excluding hydrogens is 260 g/mol. The third-order valence-corrected chi connectivity index (χ3v) is 4.11. The molecule has 1 atom stereocenters. The third kappa shape index (κ3) is 2.64. The Labute approximate surface area is 119 Å². The highest BCUT2D eigenvalue weighted by Gasteiger charge is 2.39. The van der Waals surface area contributed by atoms with Crippen LogP contribution in [0.3, 0.4) is 0 Å². The van der Waals surface area contributed by atoms with Crippen molar-refractivity contribution in [3.8, 4) is 5.75 Å². The molecule has 1 unspecified atom stereocenters. The van der Waals surface area contributed by atoms with Crippen molar-refractivity contribution in [3.05, 3.63) is 34.9 Å². The summed E-state index contributed by atoms with van der Waals surface area (Å²) in [6.45, 7) is 3.84. The summed E-state index contributed by atoms with van der Waals surface area (Å²) >= 11 is 6.00. The largest absolute Gasteiger partial charge is 0.481 e. The molecule has 19 heavy (non-hydrogen) atoms. The van der Waals surface area contributed by atoms with Crippen LogP contribution >= 0.6 is 11.6 Å². The van der Waals surface area contributed by atoms with Crippen molar-refractivity contribution >= 4 is 17.7 Å². The van der Waals surface area contributed by atoms with Gasteiger partial charge in [0.2, 0.25) is 0 Å². The summed E-state index contributed by atoms with van der Waals surface area (Å²) in [5.74, 6) is 0.938. The van der Waals surface area contributed by atoms with Crippen LogP contribution in [0.4, 0.5) is 0 Å². The molecule has 2 aliphatic rings. The van der Waals surface area contributed by atoms with E-state index in [1.54, 1.807) is 0 Å². The normalized spacial score (nSPS) is 25.6. The molecule has 0 saturated carbocycles. The zero-order valence-electron chi connectivity index (χ0n) is 10.9. The maximum atomic E-state index is 6.23. The molecule has 1 aromatic rings. The molecule has 0 aliphatic carbocycles. The van der Waals surface area contributed by atoms with Crippen LogP contribution in [0.5, 0.6) is 5.75 Å². The Morgan fingerprint density at radius 2 is 2.32 bits per heavy atom. The van der Waals surface area contributed by atoms with Crippen LogP contribution in [0.2, 0.25) is 5.02 Å². The molecule has 2 heterocycles. The number of hydrogen-bond donors (Lipinski definition) is 1. The zero-order chi connectivity index (χ0) is 13.3. The van der Waals surface area contributed by atoms with Crippen LogP contribution < -0.4 is 10.5 Å². The molecule has 1 fully saturated rings. The van der Waals surface area contributed by atoms with Gasteiger partial charge in [-0.15, -0.1) is 0 Å². The maximum Gasteiger partial charge on any atom is 0.141 e. The smallest absolute Gasteiger partial charge is 0.141 e. The van der Waals surface area contributed by atoms with E-state index in [9.17, 15) is 0 Å². The van der Waals surface area contributed by atoms with Crippen molar-refractivity contribution in [1.82, 2.24) is 4.90 Å². The summed E-state index contributed by atoms with van der Waals surface area (Å²) < 4.78 is 6.23. The SMILES string of the molecule is NCCCN1CCC2(C=Cc3cc(Cl)ccc3O2)C1. The molecule has 0 aromatic heterocycles. The number of benzene rings is 1. The van der Waals surface area contributed by atoms with Gasteiger partial charge in [-0.3, -0.25) is 4.90 Å². The van der Waals surface area contributed by atoms with Gasteiger partial charge in [-0.2, -0.15) is 0 Å². The molecule has 2 N–H and O–H groups in total. The second-order valence-corrected chi connectivity index (χ2v) is 5.79. The number of nitrogens with zero attached hydrogens (tertiary/aromatic N) is 1. The highest BCUT2D eigenvalue weighted by molar-refractivity contribution is 6.30. The van der Waals surface area contributed by atoms with E-state index in [2.05, 4.69) is 17.1 Å². The Balaban J connectivity index is 1.74. The van der Waals surface area contributed by atoms with E-state index in [-0.39, 0.29) is 5.60 Å². The van der Waals surface area contributed by atoms with Crippen LogP contribution in [0.15, 0.2) is 24.3 Å². The fraction of sp³-hybridized carbons (Fsp3) is 0.467. The summed E-state index contributed by atoms with van der Waals surface area (Å²) in [6.07, 6.45) is 6.41. The molecule has 0 amide bonds. The van der Waals surface area contributed by atoms with Crippen molar-refractivity contribution in [3.63, 3.8) is 0 Å². The van der Waals surface area contributed by atoms with Gasteiger partial charge in [0.1, 0.15) is 11.4 Å². The highest BCUT2D eigenvalue weighted by atomic mass is 35.5. The average Bonchev–Trinajstić information content (AvgIpc) is 2.80. The predicted molar refractivity (Wildman–Crippen MR) is 78.6 cm³/mol. The number of likely N-dealkylation sites (tertiary alicyclic amines) is 1. The lowest BCUT2D eigenvalue weighted by Gasteiger charge is -2.31. The standard InChI is InChI=1S/C15H19ClN2O/c16-13-2-3-14-12(10-13)4-5-15(19-14)6-9-18(11-15)8-1-7-17/h2-5,10H,1,6-9,11,17H2. The van der Waals surface area contributed by atoms with E-state index in [0.717, 1.165) is 55.4 Å². The molecule has 0 radical (unpaired) electrons. The molecule has 1 spiro atoms. The van der Waals surface area contributed by atoms with E-state index < -0.39 is 0 Å². The lowest BCUT2D eigenvalue weighted by molar-refractivity contribution is 0.123. The summed E-state index contributed by atoms with van der Waals surface area (Å²) in [5.41, 5.74) is 6.48. The Morgan fingerprint density at radius 3 is 3.16 bits per heavy atom. The molecule has 1 aromatic carbocycles. The van der Waals surface area contributed by atoms with Gasteiger partial charge in [-0.25, -0.2) is 0 Å². The number of hydrogen-bond acceptors (Lipinski definition) is 3. The van der Waals surface area contributed by atoms with E-state index in [0.29, 0.717) is 0 Å². The van der Waals surface area contributed by atoms with E-state index >= 15 is 0 Å². The molecular formula is C15H19ClN2O. The fourth-order valence-corrected chi connectivity index (χ4v) is 3.03. The number of nitrogens with two attached hydrogens (primary N) is 1. The molecule has 1 saturated heterocycles. The molecule has 2 aliphatic heterocycles. The van der Waals surface area contributed by atoms with Crippen molar-refractivity contribution < 1.29 is 4.74 Å². The minimum Gasteiger partial charge on any atom is -0.481 e. The van der Waals surface area contributed by atoms with Gasteiger partial charge in [-0.1, -0.05) is 17.7 Å². The van der Waals surface area contributed by atoms with Gasteiger partial charge in [0.25, 0.3) is 0 Å². The first-order valence-corrected chi connectivity index (χ1v) is 7.19. The minimum absolute atomic E-state index is 0.157. The van der Waals surface area contributed by atoms with Crippen LogP contribution in [-0.2, 0) is 0 Å². The van der Waals surface area contributed by atoms with E-state index in [1.165, 1.54) is 0 Å². The van der Waals surface area contributed by atoms with Crippen LogP contribution in [0.1, 0.15) is 18.4 Å². The zero-order valence-corrected chi connectivity index (χ0v) is 11.7. The van der Waals surface area contributed by atoms with E-state index in [4.69, 9.17) is 22.1 Å². The number of halogens is 1. The molecule has 102 valence electrons. The summed E-state index contributed by atoms with van der Waals surface area (Å²) in [4.78, 5) is 2.43. The highest BCUT2D eigenvalue weighted by Crippen LogP contribution is 2.37. The Morgan fingerprint density at radius 1 is 1.42 bits per heavy atom. The summed E-state index contributed by atoms with van der Waals surface area (Å²) in [6, 6.07) is 5.79. The molecule has 0 bridgehead atoms. The molecule has 3 nitrogen and oxygen atoms in total. The minimum atomic E-state index is -0.157. The number of ether oxygens (including phenoxy) is 1. The van der Waals surface area contributed by atoms with Crippen molar-refractivity contribution in [2.75, 3.05) is 26.2 Å². The average molecular weight is 279 g/mol. The first-order chi connectivity index (χ1) is 9.21. The van der Waals surface area contributed by atoms with Crippen molar-refractivity contribution in [2.45, 2.75) is 18.4 Å². The van der Waals surface area contributed by atoms with E-state index in [1.807, 2.05) is 18.2 Å². The molecule has 3 rings (SSSR count). The van der Waals surface area contributed by atoms with Crippen LogP contribution in [0, 0.1) is 0 Å². The Hall–Kier alpha value is -1.03. The van der Waals surface area contributed by atoms with Gasteiger partial charge in [0.15, 0.2) is 0 Å². The topological polar surface area (TPSA) is 38.5 Å². The van der Waals surface area contributed by atoms with Crippen molar-refractivity contribution in [1.29, 1.82) is 0 Å². The van der Waals surface area contributed by atoms with Crippen molar-refractivity contribution in [2.24, 2.45) is 5.73 Å². The third-order valence-electron chi connectivity index (χ3n) is 3.87. The first kappa shape index (κ1) is 13.0.